The molecule has 1 aromatic rings. The van der Waals surface area contributed by atoms with Crippen molar-refractivity contribution in [3.63, 3.8) is 0 Å². The van der Waals surface area contributed by atoms with Gasteiger partial charge in [0.05, 0.1) is 13.0 Å². The maximum atomic E-state index is 11.2. The fourth-order valence-electron chi connectivity index (χ4n) is 1.78. The Labute approximate surface area is 123 Å². The lowest BCUT2D eigenvalue weighted by Crippen LogP contribution is -2.21. The Kier molecular flexibility index (Phi) is 6.87. The molecule has 0 aliphatic heterocycles. The molecule has 0 aromatic heterocycles. The van der Waals surface area contributed by atoms with Crippen LogP contribution in [0.25, 0.3) is 0 Å². The summed E-state index contributed by atoms with van der Waals surface area (Å²) in [6.07, 6.45) is 0.363. The summed E-state index contributed by atoms with van der Waals surface area (Å²) in [5, 5.41) is 5.94. The number of carbonyl (C=O) groups is 1. The molecule has 1 unspecified atom stereocenters. The fraction of sp³-hybridized carbons (Fsp3) is 0.500. The van der Waals surface area contributed by atoms with E-state index < -0.39 is 0 Å². The zero-order valence-corrected chi connectivity index (χ0v) is 13.2. The van der Waals surface area contributed by atoms with Gasteiger partial charge in [-0.25, -0.2) is 0 Å². The molecule has 0 saturated carbocycles. The van der Waals surface area contributed by atoms with Gasteiger partial charge in [-0.15, -0.1) is 0 Å². The summed E-state index contributed by atoms with van der Waals surface area (Å²) in [5.74, 6) is 0.805. The molecule has 0 radical (unpaired) electrons. The van der Waals surface area contributed by atoms with Gasteiger partial charge in [-0.1, -0.05) is 22.9 Å². The molecule has 2 N–H and O–H groups in total. The first kappa shape index (κ1) is 16.0. The van der Waals surface area contributed by atoms with Crippen molar-refractivity contribution in [2.24, 2.45) is 0 Å². The third-order valence-corrected chi connectivity index (χ3v) is 3.31. The molecule has 1 aromatic carbocycles. The van der Waals surface area contributed by atoms with Crippen molar-refractivity contribution in [3.8, 4) is 5.75 Å². The standard InChI is InChI=1S/C14H21BrN2O2/c1-4-17-10(2)12-9-11(15)5-6-13(12)19-8-7-14(18)16-3/h5-6,9-10,17H,4,7-8H2,1-3H3,(H,16,18). The Hall–Kier alpha value is -1.07. The van der Waals surface area contributed by atoms with Crippen LogP contribution < -0.4 is 15.4 Å². The monoisotopic (exact) mass is 328 g/mol. The van der Waals surface area contributed by atoms with Gasteiger partial charge in [0.2, 0.25) is 5.91 Å². The van der Waals surface area contributed by atoms with E-state index in [0.29, 0.717) is 13.0 Å². The van der Waals surface area contributed by atoms with Crippen molar-refractivity contribution >= 4 is 21.8 Å². The Morgan fingerprint density at radius 3 is 2.84 bits per heavy atom. The maximum Gasteiger partial charge on any atom is 0.223 e. The normalized spacial score (nSPS) is 12.0. The van der Waals surface area contributed by atoms with Crippen molar-refractivity contribution in [1.82, 2.24) is 10.6 Å². The van der Waals surface area contributed by atoms with Crippen LogP contribution in [0.5, 0.6) is 5.75 Å². The molecule has 4 nitrogen and oxygen atoms in total. The van der Waals surface area contributed by atoms with Gasteiger partial charge in [-0.2, -0.15) is 0 Å². The van der Waals surface area contributed by atoms with Crippen molar-refractivity contribution < 1.29 is 9.53 Å². The first-order valence-electron chi connectivity index (χ1n) is 6.44. The van der Waals surface area contributed by atoms with Gasteiger partial charge in [0.1, 0.15) is 5.75 Å². The Balaban J connectivity index is 2.73. The Morgan fingerprint density at radius 2 is 2.21 bits per heavy atom. The lowest BCUT2D eigenvalue weighted by Gasteiger charge is -2.18. The molecule has 1 atom stereocenters. The highest BCUT2D eigenvalue weighted by molar-refractivity contribution is 9.10. The van der Waals surface area contributed by atoms with Crippen LogP contribution in [0.1, 0.15) is 31.9 Å². The van der Waals surface area contributed by atoms with Gasteiger partial charge >= 0.3 is 0 Å². The average Bonchev–Trinajstić information content (AvgIpc) is 2.40. The number of nitrogens with one attached hydrogen (secondary N) is 2. The minimum absolute atomic E-state index is 0.0154. The minimum Gasteiger partial charge on any atom is -0.493 e. The summed E-state index contributed by atoms with van der Waals surface area (Å²) in [7, 11) is 1.63. The summed E-state index contributed by atoms with van der Waals surface area (Å²) < 4.78 is 6.73. The molecule has 0 heterocycles. The van der Waals surface area contributed by atoms with E-state index in [0.717, 1.165) is 22.3 Å². The predicted molar refractivity (Wildman–Crippen MR) is 80.4 cm³/mol. The molecule has 0 spiro atoms. The summed E-state index contributed by atoms with van der Waals surface area (Å²) in [5.41, 5.74) is 1.09. The topological polar surface area (TPSA) is 50.4 Å². The molecule has 1 amide bonds. The molecule has 0 bridgehead atoms. The van der Waals surface area contributed by atoms with Crippen LogP contribution >= 0.6 is 15.9 Å². The van der Waals surface area contributed by atoms with Gasteiger partial charge in [0.15, 0.2) is 0 Å². The third-order valence-electron chi connectivity index (χ3n) is 2.81. The van der Waals surface area contributed by atoms with Crippen LogP contribution in [0.3, 0.4) is 0 Å². The van der Waals surface area contributed by atoms with Gasteiger partial charge < -0.3 is 15.4 Å². The van der Waals surface area contributed by atoms with E-state index >= 15 is 0 Å². The van der Waals surface area contributed by atoms with E-state index in [4.69, 9.17) is 4.74 Å². The zero-order valence-electron chi connectivity index (χ0n) is 11.6. The van der Waals surface area contributed by atoms with Crippen molar-refractivity contribution in [3.05, 3.63) is 28.2 Å². The lowest BCUT2D eigenvalue weighted by molar-refractivity contribution is -0.121. The van der Waals surface area contributed by atoms with Gasteiger partial charge in [-0.05, 0) is 31.7 Å². The van der Waals surface area contributed by atoms with E-state index in [9.17, 15) is 4.79 Å². The van der Waals surface area contributed by atoms with Crippen LogP contribution in [-0.2, 0) is 4.79 Å². The highest BCUT2D eigenvalue weighted by atomic mass is 79.9. The fourth-order valence-corrected chi connectivity index (χ4v) is 2.16. The van der Waals surface area contributed by atoms with Crippen LogP contribution in [0.15, 0.2) is 22.7 Å². The van der Waals surface area contributed by atoms with Crippen LogP contribution in [-0.4, -0.2) is 26.1 Å². The van der Waals surface area contributed by atoms with E-state index in [2.05, 4.69) is 40.4 Å². The van der Waals surface area contributed by atoms with Crippen molar-refractivity contribution in [1.29, 1.82) is 0 Å². The number of ether oxygens (including phenoxy) is 1. The van der Waals surface area contributed by atoms with Gasteiger partial charge in [-0.3, -0.25) is 4.79 Å². The number of benzene rings is 1. The summed E-state index contributed by atoms with van der Waals surface area (Å²) in [6, 6.07) is 6.12. The first-order valence-corrected chi connectivity index (χ1v) is 7.24. The SMILES string of the molecule is CCNC(C)c1cc(Br)ccc1OCCC(=O)NC. The summed E-state index contributed by atoms with van der Waals surface area (Å²) in [4.78, 5) is 11.2. The second-order valence-corrected chi connectivity index (χ2v) is 5.15. The molecule has 0 fully saturated rings. The highest BCUT2D eigenvalue weighted by Gasteiger charge is 2.12. The molecule has 0 aliphatic carbocycles. The van der Waals surface area contributed by atoms with E-state index in [1.807, 2.05) is 18.2 Å². The molecule has 1 rings (SSSR count). The number of hydrogen-bond donors (Lipinski definition) is 2. The van der Waals surface area contributed by atoms with Crippen LogP contribution in [0, 0.1) is 0 Å². The molecular weight excluding hydrogens is 308 g/mol. The van der Waals surface area contributed by atoms with E-state index in [1.165, 1.54) is 0 Å². The zero-order chi connectivity index (χ0) is 14.3. The quantitative estimate of drug-likeness (QED) is 0.809. The number of carbonyl (C=O) groups excluding carboxylic acids is 1. The van der Waals surface area contributed by atoms with Crippen LogP contribution in [0.2, 0.25) is 0 Å². The van der Waals surface area contributed by atoms with Crippen molar-refractivity contribution in [2.75, 3.05) is 20.2 Å². The third kappa shape index (κ3) is 5.20. The maximum absolute atomic E-state index is 11.2. The smallest absolute Gasteiger partial charge is 0.223 e. The number of hydrogen-bond acceptors (Lipinski definition) is 3. The second-order valence-electron chi connectivity index (χ2n) is 4.23. The second kappa shape index (κ2) is 8.17. The molecule has 0 saturated heterocycles. The average molecular weight is 329 g/mol. The number of rotatable bonds is 7. The molecular formula is C14H21BrN2O2. The Morgan fingerprint density at radius 1 is 1.47 bits per heavy atom. The van der Waals surface area contributed by atoms with E-state index in [1.54, 1.807) is 7.05 Å². The lowest BCUT2D eigenvalue weighted by atomic mass is 10.1. The molecule has 0 aliphatic rings. The molecule has 19 heavy (non-hydrogen) atoms. The van der Waals surface area contributed by atoms with Gasteiger partial charge in [0.25, 0.3) is 0 Å². The first-order chi connectivity index (χ1) is 9.08. The Bertz CT molecular complexity index is 424. The molecule has 5 heteroatoms. The number of halogens is 1. The summed E-state index contributed by atoms with van der Waals surface area (Å²) >= 11 is 3.47. The number of amides is 1. The highest BCUT2D eigenvalue weighted by Crippen LogP contribution is 2.28. The minimum atomic E-state index is -0.0154. The largest absolute Gasteiger partial charge is 0.493 e. The van der Waals surface area contributed by atoms with E-state index in [-0.39, 0.29) is 11.9 Å². The van der Waals surface area contributed by atoms with Gasteiger partial charge in [0, 0.05) is 23.1 Å². The predicted octanol–water partition coefficient (Wildman–Crippen LogP) is 2.63. The van der Waals surface area contributed by atoms with Crippen LogP contribution in [0.4, 0.5) is 0 Å². The molecule has 106 valence electrons. The van der Waals surface area contributed by atoms with Crippen molar-refractivity contribution in [2.45, 2.75) is 26.3 Å². The summed E-state index contributed by atoms with van der Waals surface area (Å²) in [6.45, 7) is 5.44.